The number of hydrogen-bond donors (Lipinski definition) is 0. The summed E-state index contributed by atoms with van der Waals surface area (Å²) in [6.45, 7) is 7.00. The summed E-state index contributed by atoms with van der Waals surface area (Å²) in [6.07, 6.45) is 37.1. The summed E-state index contributed by atoms with van der Waals surface area (Å²) in [4.78, 5) is 0. The Morgan fingerprint density at radius 2 is 0.793 bits per heavy atom. The lowest BCUT2D eigenvalue weighted by molar-refractivity contribution is -0.688. The molecule has 0 aliphatic rings. The first-order valence-corrected chi connectivity index (χ1v) is 22.6. The Labute approximate surface area is 347 Å². The minimum atomic E-state index is -0.335. The van der Waals surface area contributed by atoms with E-state index in [1.807, 2.05) is 58.7 Å². The van der Waals surface area contributed by atoms with Gasteiger partial charge in [0, 0.05) is 12.1 Å². The lowest BCUT2D eigenvalue weighted by Crippen LogP contribution is -2.32. The molecule has 3 aromatic carbocycles. The Kier molecular flexibility index (Phi) is 19.9. The zero-order valence-electron chi connectivity index (χ0n) is 35.6. The predicted molar refractivity (Wildman–Crippen MR) is 231 cm³/mol. The Bertz CT molecular complexity index is 1730. The van der Waals surface area contributed by atoms with Crippen molar-refractivity contribution in [3.63, 3.8) is 0 Å². The molecule has 0 unspecified atom stereocenters. The topological polar surface area (TPSA) is 36.1 Å². The SMILES string of the molecule is CCCCCCCCCCCCOc1ccc(-n2cc[n+](Cc3ccc(C[n+]4ccn(-c5ccc(OCCCCCCCCCCCC)c(F)c5)c4)cc3)c2)cc1F. The molecule has 0 fully saturated rings. The zero-order chi connectivity index (χ0) is 40.6. The van der Waals surface area contributed by atoms with Crippen LogP contribution in [0.2, 0.25) is 0 Å². The van der Waals surface area contributed by atoms with Crippen LogP contribution >= 0.6 is 0 Å². The highest BCUT2D eigenvalue weighted by Gasteiger charge is 2.14. The lowest BCUT2D eigenvalue weighted by Gasteiger charge is -2.08. The van der Waals surface area contributed by atoms with E-state index < -0.39 is 0 Å². The Hall–Kier alpha value is -4.46. The number of unbranched alkanes of at least 4 members (excludes halogenated alkanes) is 18. The molecule has 2 heterocycles. The summed E-state index contributed by atoms with van der Waals surface area (Å²) in [7, 11) is 0. The third-order valence-corrected chi connectivity index (χ3v) is 11.1. The van der Waals surface area contributed by atoms with Gasteiger partial charge >= 0.3 is 0 Å². The standard InChI is InChI=1S/C50H70F2N4O2/c1-3-5-7-9-11-13-15-17-19-21-35-57-49-29-27-45(37-47(49)51)55-33-31-53(41-55)39-43-23-25-44(26-24-43)40-54-32-34-56(42-54)46-28-30-50(48(52)38-46)58-36-22-20-18-16-14-12-10-8-6-4-2/h23-34,37-38,41-42H,3-22,35-36,39-40H2,1-2H3/q+2. The zero-order valence-corrected chi connectivity index (χ0v) is 35.6. The van der Waals surface area contributed by atoms with E-state index in [9.17, 15) is 8.78 Å². The highest BCUT2D eigenvalue weighted by Crippen LogP contribution is 2.23. The van der Waals surface area contributed by atoms with Gasteiger partial charge in [0.1, 0.15) is 49.3 Å². The Balaban J connectivity index is 0.995. The van der Waals surface area contributed by atoms with Crippen molar-refractivity contribution in [2.75, 3.05) is 13.2 Å². The van der Waals surface area contributed by atoms with Gasteiger partial charge in [-0.05, 0) is 48.2 Å². The molecule has 0 saturated carbocycles. The van der Waals surface area contributed by atoms with Crippen molar-refractivity contribution in [1.82, 2.24) is 9.13 Å². The van der Waals surface area contributed by atoms with Crippen molar-refractivity contribution >= 4 is 0 Å². The van der Waals surface area contributed by atoms with E-state index >= 15 is 0 Å². The van der Waals surface area contributed by atoms with Gasteiger partial charge in [-0.2, -0.15) is 0 Å². The molecule has 0 radical (unpaired) electrons. The van der Waals surface area contributed by atoms with E-state index in [1.54, 1.807) is 24.3 Å². The number of aromatic nitrogens is 4. The lowest BCUT2D eigenvalue weighted by atomic mass is 10.1. The molecule has 5 aromatic rings. The summed E-state index contributed by atoms with van der Waals surface area (Å²) >= 11 is 0. The molecule has 0 amide bonds. The maximum atomic E-state index is 14.9. The normalized spacial score (nSPS) is 11.4. The van der Waals surface area contributed by atoms with E-state index in [-0.39, 0.29) is 11.6 Å². The van der Waals surface area contributed by atoms with Crippen LogP contribution in [0.15, 0.2) is 98.1 Å². The van der Waals surface area contributed by atoms with Gasteiger partial charge < -0.3 is 9.47 Å². The molecular formula is C50H70F2N4O2+2. The number of hydrogen-bond acceptors (Lipinski definition) is 2. The molecule has 0 aliphatic heterocycles. The molecule has 0 spiro atoms. The Morgan fingerprint density at radius 1 is 0.448 bits per heavy atom. The molecule has 8 heteroatoms. The summed E-state index contributed by atoms with van der Waals surface area (Å²) in [5, 5.41) is 0. The molecule has 2 aromatic heterocycles. The fourth-order valence-electron chi connectivity index (χ4n) is 7.53. The summed E-state index contributed by atoms with van der Waals surface area (Å²) in [5.74, 6) is -0.0357. The second-order valence-corrected chi connectivity index (χ2v) is 16.1. The van der Waals surface area contributed by atoms with E-state index in [4.69, 9.17) is 9.47 Å². The molecule has 0 N–H and O–H groups in total. The summed E-state index contributed by atoms with van der Waals surface area (Å²) in [6, 6.07) is 18.9. The molecule has 0 atom stereocenters. The molecule has 58 heavy (non-hydrogen) atoms. The first-order valence-electron chi connectivity index (χ1n) is 22.6. The van der Waals surface area contributed by atoms with Crippen LogP contribution in [-0.4, -0.2) is 22.3 Å². The molecule has 0 aliphatic carbocycles. The van der Waals surface area contributed by atoms with Crippen LogP contribution in [0.5, 0.6) is 11.5 Å². The van der Waals surface area contributed by atoms with Gasteiger partial charge in [-0.1, -0.05) is 154 Å². The van der Waals surface area contributed by atoms with Crippen LogP contribution in [0.1, 0.15) is 153 Å². The van der Waals surface area contributed by atoms with Gasteiger partial charge in [0.25, 0.3) is 0 Å². The number of ether oxygens (including phenoxy) is 2. The number of halogens is 2. The molecule has 314 valence electrons. The van der Waals surface area contributed by atoms with Crippen LogP contribution in [0.3, 0.4) is 0 Å². The van der Waals surface area contributed by atoms with Crippen LogP contribution < -0.4 is 18.6 Å². The predicted octanol–water partition coefficient (Wildman–Crippen LogP) is 12.8. The van der Waals surface area contributed by atoms with Gasteiger partial charge in [-0.3, -0.25) is 0 Å². The first-order chi connectivity index (χ1) is 28.5. The Morgan fingerprint density at radius 3 is 1.14 bits per heavy atom. The van der Waals surface area contributed by atoms with E-state index in [2.05, 4.69) is 47.2 Å². The molecule has 5 rings (SSSR count). The third-order valence-electron chi connectivity index (χ3n) is 11.1. The highest BCUT2D eigenvalue weighted by molar-refractivity contribution is 5.39. The van der Waals surface area contributed by atoms with Gasteiger partial charge in [0.15, 0.2) is 23.1 Å². The van der Waals surface area contributed by atoms with Crippen LogP contribution in [0.25, 0.3) is 11.4 Å². The molecule has 0 saturated heterocycles. The number of nitrogens with zero attached hydrogens (tertiary/aromatic N) is 4. The van der Waals surface area contributed by atoms with Crippen LogP contribution in [-0.2, 0) is 13.1 Å². The van der Waals surface area contributed by atoms with Crippen molar-refractivity contribution < 1.29 is 27.4 Å². The van der Waals surface area contributed by atoms with E-state index in [0.717, 1.165) is 37.1 Å². The average Bonchev–Trinajstić information content (AvgIpc) is 3.91. The highest BCUT2D eigenvalue weighted by atomic mass is 19.1. The molecular weight excluding hydrogens is 727 g/mol. The van der Waals surface area contributed by atoms with Gasteiger partial charge in [0.2, 0.25) is 12.7 Å². The van der Waals surface area contributed by atoms with Crippen molar-refractivity contribution in [1.29, 1.82) is 0 Å². The van der Waals surface area contributed by atoms with Gasteiger partial charge in [0.05, 0.1) is 13.2 Å². The largest absolute Gasteiger partial charge is 0.491 e. The fraction of sp³-hybridized carbons (Fsp3) is 0.520. The summed E-state index contributed by atoms with van der Waals surface area (Å²) in [5.41, 5.74) is 3.85. The van der Waals surface area contributed by atoms with Crippen molar-refractivity contribution in [3.8, 4) is 22.9 Å². The fourth-order valence-corrected chi connectivity index (χ4v) is 7.53. The van der Waals surface area contributed by atoms with Crippen molar-refractivity contribution in [3.05, 3.63) is 121 Å². The number of benzene rings is 3. The maximum Gasteiger partial charge on any atom is 0.249 e. The van der Waals surface area contributed by atoms with Gasteiger partial charge in [-0.15, -0.1) is 0 Å². The second-order valence-electron chi connectivity index (χ2n) is 16.1. The van der Waals surface area contributed by atoms with Crippen molar-refractivity contribution in [2.45, 2.75) is 155 Å². The third kappa shape index (κ3) is 15.7. The average molecular weight is 797 g/mol. The van der Waals surface area contributed by atoms with E-state index in [0.29, 0.717) is 37.8 Å². The first kappa shape index (κ1) is 44.6. The monoisotopic (exact) mass is 797 g/mol. The smallest absolute Gasteiger partial charge is 0.249 e. The maximum absolute atomic E-state index is 14.9. The van der Waals surface area contributed by atoms with Gasteiger partial charge in [-0.25, -0.2) is 27.0 Å². The minimum Gasteiger partial charge on any atom is -0.491 e. The van der Waals surface area contributed by atoms with E-state index in [1.165, 1.54) is 114 Å². The van der Waals surface area contributed by atoms with Crippen LogP contribution in [0, 0.1) is 11.6 Å². The summed E-state index contributed by atoms with van der Waals surface area (Å²) < 4.78 is 49.5. The van der Waals surface area contributed by atoms with Crippen LogP contribution in [0.4, 0.5) is 8.78 Å². The molecule has 6 nitrogen and oxygen atoms in total. The second kappa shape index (κ2) is 25.8. The molecule has 0 bridgehead atoms. The minimum absolute atomic E-state index is 0.317. The number of imidazole rings is 2. The van der Waals surface area contributed by atoms with Crippen molar-refractivity contribution in [2.24, 2.45) is 0 Å². The quantitative estimate of drug-likeness (QED) is 0.0343. The number of rotatable bonds is 30.